The van der Waals surface area contributed by atoms with Gasteiger partial charge in [-0.05, 0) is 61.2 Å². The van der Waals surface area contributed by atoms with Crippen molar-refractivity contribution < 1.29 is 32.3 Å². The van der Waals surface area contributed by atoms with Gasteiger partial charge in [-0.3, -0.25) is 14.0 Å². The molecule has 1 atom stereocenters. The van der Waals surface area contributed by atoms with Gasteiger partial charge in [-0.1, -0.05) is 31.2 Å². The molecule has 1 aromatic heterocycles. The molecular formula is C33H37N5O7S. The Bertz CT molecular complexity index is 1740. The average Bonchev–Trinajstić information content (AvgIpc) is 3.63. The monoisotopic (exact) mass is 647 g/mol. The number of nitrogens with zero attached hydrogens (tertiary/aromatic N) is 5. The number of cyclic esters (lactones) is 1. The summed E-state index contributed by atoms with van der Waals surface area (Å²) in [5, 5.41) is 0. The highest BCUT2D eigenvalue weighted by Crippen LogP contribution is 2.35. The van der Waals surface area contributed by atoms with Crippen LogP contribution in [0.5, 0.6) is 0 Å². The number of carbonyl (C=O) groups excluding carboxylic acids is 3. The minimum atomic E-state index is -3.66. The third kappa shape index (κ3) is 6.23. The van der Waals surface area contributed by atoms with Crippen molar-refractivity contribution in [3.63, 3.8) is 0 Å². The van der Waals surface area contributed by atoms with Crippen molar-refractivity contribution in [3.05, 3.63) is 83.0 Å². The van der Waals surface area contributed by atoms with E-state index in [0.717, 1.165) is 17.8 Å². The number of benzene rings is 2. The molecule has 0 N–H and O–H groups in total. The first-order chi connectivity index (χ1) is 22.2. The molecule has 0 aliphatic carbocycles. The minimum Gasteiger partial charge on any atom is -0.460 e. The fourth-order valence-electron chi connectivity index (χ4n) is 6.14. The van der Waals surface area contributed by atoms with Crippen molar-refractivity contribution >= 4 is 45.2 Å². The van der Waals surface area contributed by atoms with Gasteiger partial charge in [0, 0.05) is 44.6 Å². The number of esters is 1. The van der Waals surface area contributed by atoms with Crippen LogP contribution in [0.15, 0.2) is 60.8 Å². The summed E-state index contributed by atoms with van der Waals surface area (Å²) in [7, 11) is -3.66. The van der Waals surface area contributed by atoms with Crippen LogP contribution in [-0.2, 0) is 25.9 Å². The number of aromatic nitrogens is 1. The standard InChI is InChI=1S/C33H37N5O7S/c1-3-24-18-23(2)30(34-20-24)35-13-15-36(16-14-35)31(39)28-11-10-26(19-29(28)37-12-7-17-46(37,42)43)38-27(22-45-33(38)41)21-44-32(40)25-8-5-4-6-9-25/h4-6,8-11,18-20,27H,3,7,12-17,21-22H2,1-2H3. The molecule has 3 aromatic rings. The lowest BCUT2D eigenvalue weighted by Crippen LogP contribution is -2.49. The maximum absolute atomic E-state index is 14.0. The van der Waals surface area contributed by atoms with Gasteiger partial charge < -0.3 is 19.3 Å². The van der Waals surface area contributed by atoms with E-state index in [1.807, 2.05) is 13.1 Å². The third-order valence-corrected chi connectivity index (χ3v) is 10.5. The summed E-state index contributed by atoms with van der Waals surface area (Å²) in [6, 6.07) is 14.7. The third-order valence-electron chi connectivity index (χ3n) is 8.62. The molecule has 0 spiro atoms. The Balaban J connectivity index is 1.23. The molecule has 2 aromatic carbocycles. The summed E-state index contributed by atoms with van der Waals surface area (Å²) in [5.41, 5.74) is 3.44. The highest BCUT2D eigenvalue weighted by atomic mass is 32.2. The molecule has 0 saturated carbocycles. The molecule has 6 rings (SSSR count). The summed E-state index contributed by atoms with van der Waals surface area (Å²) in [4.78, 5) is 49.3. The number of aryl methyl sites for hydroxylation is 2. The molecule has 46 heavy (non-hydrogen) atoms. The number of pyridine rings is 1. The highest BCUT2D eigenvalue weighted by Gasteiger charge is 2.38. The van der Waals surface area contributed by atoms with Crippen molar-refractivity contribution in [2.75, 3.05) is 65.8 Å². The lowest BCUT2D eigenvalue weighted by molar-refractivity contribution is 0.0475. The first kappa shape index (κ1) is 31.3. The number of hydrogen-bond acceptors (Lipinski definition) is 9. The number of carbonyl (C=O) groups is 3. The zero-order valence-corrected chi connectivity index (χ0v) is 26.7. The van der Waals surface area contributed by atoms with E-state index in [-0.39, 0.29) is 42.7 Å². The molecule has 4 heterocycles. The van der Waals surface area contributed by atoms with Crippen LogP contribution in [0.25, 0.3) is 0 Å². The summed E-state index contributed by atoms with van der Waals surface area (Å²) >= 11 is 0. The van der Waals surface area contributed by atoms with Gasteiger partial charge in [0.2, 0.25) is 10.0 Å². The van der Waals surface area contributed by atoms with Gasteiger partial charge in [0.1, 0.15) is 25.1 Å². The summed E-state index contributed by atoms with van der Waals surface area (Å²) < 4.78 is 38.2. The van der Waals surface area contributed by atoms with Gasteiger partial charge in [-0.25, -0.2) is 23.0 Å². The van der Waals surface area contributed by atoms with Crippen LogP contribution in [0.2, 0.25) is 0 Å². The van der Waals surface area contributed by atoms with E-state index in [1.165, 1.54) is 14.8 Å². The number of sulfonamides is 1. The Morgan fingerprint density at radius 3 is 2.46 bits per heavy atom. The maximum Gasteiger partial charge on any atom is 0.414 e. The summed E-state index contributed by atoms with van der Waals surface area (Å²) in [6.45, 7) is 6.27. The quantitative estimate of drug-likeness (QED) is 0.337. The molecule has 2 amide bonds. The molecule has 0 radical (unpaired) electrons. The van der Waals surface area contributed by atoms with Gasteiger partial charge in [-0.2, -0.15) is 0 Å². The fraction of sp³-hybridized carbons (Fsp3) is 0.394. The summed E-state index contributed by atoms with van der Waals surface area (Å²) in [6.07, 6.45) is 2.57. The van der Waals surface area contributed by atoms with E-state index >= 15 is 0 Å². The number of anilines is 3. The lowest BCUT2D eigenvalue weighted by Gasteiger charge is -2.36. The van der Waals surface area contributed by atoms with Crippen molar-refractivity contribution in [2.24, 2.45) is 0 Å². The Morgan fingerprint density at radius 1 is 1.02 bits per heavy atom. The Morgan fingerprint density at radius 2 is 1.78 bits per heavy atom. The van der Waals surface area contributed by atoms with E-state index in [0.29, 0.717) is 43.9 Å². The van der Waals surface area contributed by atoms with Gasteiger partial charge in [0.15, 0.2) is 0 Å². The van der Waals surface area contributed by atoms with Crippen LogP contribution < -0.4 is 14.1 Å². The lowest BCUT2D eigenvalue weighted by atomic mass is 10.1. The Hall–Kier alpha value is -4.65. The zero-order valence-electron chi connectivity index (χ0n) is 25.9. The van der Waals surface area contributed by atoms with E-state index in [1.54, 1.807) is 53.4 Å². The average molecular weight is 648 g/mol. The number of piperazine rings is 1. The van der Waals surface area contributed by atoms with Crippen LogP contribution in [0, 0.1) is 6.92 Å². The van der Waals surface area contributed by atoms with Gasteiger partial charge in [0.25, 0.3) is 5.91 Å². The van der Waals surface area contributed by atoms with Crippen LogP contribution in [0.3, 0.4) is 0 Å². The topological polar surface area (TPSA) is 130 Å². The molecule has 3 saturated heterocycles. The minimum absolute atomic E-state index is 0.0152. The molecule has 3 aliphatic rings. The highest BCUT2D eigenvalue weighted by molar-refractivity contribution is 7.93. The van der Waals surface area contributed by atoms with Crippen LogP contribution in [0.4, 0.5) is 22.0 Å². The molecular weight excluding hydrogens is 610 g/mol. The normalized spacial score (nSPS) is 19.3. The Labute approximate surface area is 268 Å². The number of amides is 2. The Kier molecular flexibility index (Phi) is 8.85. The predicted molar refractivity (Wildman–Crippen MR) is 173 cm³/mol. The van der Waals surface area contributed by atoms with E-state index in [4.69, 9.17) is 9.47 Å². The van der Waals surface area contributed by atoms with Crippen molar-refractivity contribution in [1.82, 2.24) is 9.88 Å². The van der Waals surface area contributed by atoms with Crippen molar-refractivity contribution in [1.29, 1.82) is 0 Å². The molecule has 3 fully saturated rings. The number of rotatable bonds is 8. The first-order valence-electron chi connectivity index (χ1n) is 15.5. The maximum atomic E-state index is 14.0. The molecule has 3 aliphatic heterocycles. The van der Waals surface area contributed by atoms with Crippen molar-refractivity contribution in [2.45, 2.75) is 32.7 Å². The smallest absolute Gasteiger partial charge is 0.414 e. The predicted octanol–water partition coefficient (Wildman–Crippen LogP) is 3.64. The van der Waals surface area contributed by atoms with Crippen LogP contribution in [-0.4, -0.2) is 94.0 Å². The second-order valence-electron chi connectivity index (χ2n) is 11.6. The molecule has 13 heteroatoms. The van der Waals surface area contributed by atoms with Gasteiger partial charge in [-0.15, -0.1) is 0 Å². The number of hydrogen-bond donors (Lipinski definition) is 0. The fourth-order valence-corrected chi connectivity index (χ4v) is 7.71. The van der Waals surface area contributed by atoms with Gasteiger partial charge >= 0.3 is 12.1 Å². The second-order valence-corrected chi connectivity index (χ2v) is 13.6. The number of ether oxygens (including phenoxy) is 2. The molecule has 0 bridgehead atoms. The second kappa shape index (κ2) is 13.0. The molecule has 1 unspecified atom stereocenters. The first-order valence-corrected chi connectivity index (χ1v) is 17.1. The zero-order chi connectivity index (χ0) is 32.4. The van der Waals surface area contributed by atoms with Gasteiger partial charge in [0.05, 0.1) is 22.6 Å². The largest absolute Gasteiger partial charge is 0.460 e. The summed E-state index contributed by atoms with van der Waals surface area (Å²) in [5.74, 6) is 0.0515. The van der Waals surface area contributed by atoms with Crippen LogP contribution in [0.1, 0.15) is 45.2 Å². The van der Waals surface area contributed by atoms with E-state index in [9.17, 15) is 22.8 Å². The van der Waals surface area contributed by atoms with Crippen LogP contribution >= 0.6 is 0 Å². The molecule has 12 nitrogen and oxygen atoms in total. The van der Waals surface area contributed by atoms with E-state index in [2.05, 4.69) is 22.9 Å². The molecule has 242 valence electrons. The van der Waals surface area contributed by atoms with E-state index < -0.39 is 28.1 Å². The van der Waals surface area contributed by atoms with Crippen molar-refractivity contribution in [3.8, 4) is 0 Å². The SMILES string of the molecule is CCc1cnc(N2CCN(C(=O)c3ccc(N4C(=O)OCC4COC(=O)c4ccccc4)cc3N3CCCS3(=O)=O)CC2)c(C)c1.